The third kappa shape index (κ3) is 4.87. The molecule has 1 amide bonds. The molecule has 0 atom stereocenters. The molecule has 0 spiro atoms. The molecule has 8 nitrogen and oxygen atoms in total. The molecule has 0 bridgehead atoms. The van der Waals surface area contributed by atoms with E-state index >= 15 is 0 Å². The number of amides is 1. The predicted molar refractivity (Wildman–Crippen MR) is 123 cm³/mol. The van der Waals surface area contributed by atoms with E-state index in [0.29, 0.717) is 22.8 Å². The number of nitrogens with zero attached hydrogens (tertiary/aromatic N) is 2. The molecule has 1 saturated heterocycles. The second-order valence-corrected chi connectivity index (χ2v) is 7.80. The highest BCUT2D eigenvalue weighted by Gasteiger charge is 2.24. The van der Waals surface area contributed by atoms with Gasteiger partial charge in [-0.1, -0.05) is 0 Å². The van der Waals surface area contributed by atoms with Crippen LogP contribution in [-0.4, -0.2) is 56.6 Å². The molecular formula is C24H27FN4O4. The SMILES string of the molecule is COc1cc(C(=O)NC2CCN(c3cc(-c4ccc(F)cc4)[nH]n3)CC2)cc(OC)c1OC. The maximum absolute atomic E-state index is 13.2. The Morgan fingerprint density at radius 2 is 1.67 bits per heavy atom. The summed E-state index contributed by atoms with van der Waals surface area (Å²) in [6.45, 7) is 1.52. The third-order valence-corrected chi connectivity index (χ3v) is 5.80. The van der Waals surface area contributed by atoms with Crippen LogP contribution in [0.25, 0.3) is 11.3 Å². The van der Waals surface area contributed by atoms with Gasteiger partial charge in [0.05, 0.1) is 27.0 Å². The van der Waals surface area contributed by atoms with E-state index in [1.165, 1.54) is 33.5 Å². The number of aromatic nitrogens is 2. The van der Waals surface area contributed by atoms with E-state index in [1.807, 2.05) is 6.07 Å². The van der Waals surface area contributed by atoms with Crippen molar-refractivity contribution in [3.8, 4) is 28.5 Å². The number of anilines is 1. The van der Waals surface area contributed by atoms with Crippen molar-refractivity contribution in [2.75, 3.05) is 39.3 Å². The maximum atomic E-state index is 13.2. The Balaban J connectivity index is 1.37. The number of piperidine rings is 1. The van der Waals surface area contributed by atoms with Crippen molar-refractivity contribution >= 4 is 11.7 Å². The number of nitrogens with one attached hydrogen (secondary N) is 2. The Morgan fingerprint density at radius 1 is 1.03 bits per heavy atom. The second-order valence-electron chi connectivity index (χ2n) is 7.80. The molecule has 0 aliphatic carbocycles. The van der Waals surface area contributed by atoms with Crippen LogP contribution in [-0.2, 0) is 0 Å². The Morgan fingerprint density at radius 3 is 2.24 bits per heavy atom. The molecule has 2 N–H and O–H groups in total. The van der Waals surface area contributed by atoms with Gasteiger partial charge in [-0.15, -0.1) is 0 Å². The Hall–Kier alpha value is -3.75. The first-order valence-electron chi connectivity index (χ1n) is 10.7. The van der Waals surface area contributed by atoms with E-state index in [2.05, 4.69) is 20.4 Å². The monoisotopic (exact) mass is 454 g/mol. The van der Waals surface area contributed by atoms with Crippen LogP contribution in [0.5, 0.6) is 17.2 Å². The molecule has 33 heavy (non-hydrogen) atoms. The summed E-state index contributed by atoms with van der Waals surface area (Å²) in [6.07, 6.45) is 1.57. The molecule has 3 aromatic rings. The van der Waals surface area contributed by atoms with Gasteiger partial charge in [0.2, 0.25) is 5.75 Å². The molecule has 0 saturated carbocycles. The van der Waals surface area contributed by atoms with Crippen LogP contribution in [0.1, 0.15) is 23.2 Å². The Kier molecular flexibility index (Phi) is 6.67. The smallest absolute Gasteiger partial charge is 0.251 e. The molecule has 1 aliphatic heterocycles. The number of hydrogen-bond donors (Lipinski definition) is 2. The van der Waals surface area contributed by atoms with Crippen LogP contribution in [0, 0.1) is 5.82 Å². The molecule has 1 aromatic heterocycles. The zero-order chi connectivity index (χ0) is 23.4. The van der Waals surface area contributed by atoms with E-state index < -0.39 is 0 Å². The van der Waals surface area contributed by atoms with Gasteiger partial charge in [0, 0.05) is 30.8 Å². The number of halogens is 1. The van der Waals surface area contributed by atoms with Gasteiger partial charge in [0.25, 0.3) is 5.91 Å². The number of carbonyl (C=O) groups excluding carboxylic acids is 1. The average Bonchev–Trinajstić information content (AvgIpc) is 3.34. The summed E-state index contributed by atoms with van der Waals surface area (Å²) in [5, 5.41) is 10.5. The van der Waals surface area contributed by atoms with Crippen molar-refractivity contribution in [1.82, 2.24) is 15.5 Å². The van der Waals surface area contributed by atoms with Crippen LogP contribution in [0.15, 0.2) is 42.5 Å². The predicted octanol–water partition coefficient (Wildman–Crippen LogP) is 3.64. The van der Waals surface area contributed by atoms with Crippen LogP contribution in [0.3, 0.4) is 0 Å². The fourth-order valence-corrected chi connectivity index (χ4v) is 3.98. The van der Waals surface area contributed by atoms with E-state index in [4.69, 9.17) is 14.2 Å². The van der Waals surface area contributed by atoms with Crippen molar-refractivity contribution in [2.45, 2.75) is 18.9 Å². The molecule has 2 heterocycles. The Bertz CT molecular complexity index is 1080. The standard InChI is InChI=1S/C24H27FN4O4/c1-31-20-12-16(13-21(32-2)23(20)33-3)24(30)26-18-8-10-29(11-9-18)22-14-19(27-28-22)15-4-6-17(25)7-5-15/h4-7,12-14,18H,8-11H2,1-3H3,(H,26,30)(H,27,28). The number of rotatable bonds is 7. The van der Waals surface area contributed by atoms with Gasteiger partial charge in [-0.05, 0) is 54.8 Å². The van der Waals surface area contributed by atoms with Gasteiger partial charge in [-0.3, -0.25) is 9.89 Å². The first-order valence-corrected chi connectivity index (χ1v) is 10.7. The summed E-state index contributed by atoms with van der Waals surface area (Å²) in [5.74, 6) is 1.70. The molecule has 2 aromatic carbocycles. The fourth-order valence-electron chi connectivity index (χ4n) is 3.98. The summed E-state index contributed by atoms with van der Waals surface area (Å²) in [6, 6.07) is 11.6. The van der Waals surface area contributed by atoms with Crippen molar-refractivity contribution in [2.24, 2.45) is 0 Å². The minimum Gasteiger partial charge on any atom is -0.493 e. The number of hydrogen-bond acceptors (Lipinski definition) is 6. The molecule has 9 heteroatoms. The van der Waals surface area contributed by atoms with E-state index in [1.54, 1.807) is 24.3 Å². The summed E-state index contributed by atoms with van der Waals surface area (Å²) in [4.78, 5) is 15.0. The molecule has 1 fully saturated rings. The number of carbonyl (C=O) groups is 1. The lowest BCUT2D eigenvalue weighted by atomic mass is 10.0. The number of H-pyrrole nitrogens is 1. The lowest BCUT2D eigenvalue weighted by Gasteiger charge is -2.32. The normalized spacial score (nSPS) is 14.1. The largest absolute Gasteiger partial charge is 0.493 e. The number of benzene rings is 2. The van der Waals surface area contributed by atoms with Crippen molar-refractivity contribution in [1.29, 1.82) is 0 Å². The van der Waals surface area contributed by atoms with Crippen molar-refractivity contribution in [3.63, 3.8) is 0 Å². The van der Waals surface area contributed by atoms with Crippen LogP contribution in [0.2, 0.25) is 0 Å². The highest BCUT2D eigenvalue weighted by Crippen LogP contribution is 2.38. The van der Waals surface area contributed by atoms with E-state index in [0.717, 1.165) is 43.0 Å². The second kappa shape index (κ2) is 9.81. The first kappa shape index (κ1) is 22.4. The lowest BCUT2D eigenvalue weighted by molar-refractivity contribution is 0.0930. The van der Waals surface area contributed by atoms with Crippen LogP contribution < -0.4 is 24.4 Å². The maximum Gasteiger partial charge on any atom is 0.251 e. The van der Waals surface area contributed by atoms with Crippen molar-refractivity contribution in [3.05, 3.63) is 53.8 Å². The number of ether oxygens (including phenoxy) is 3. The first-order chi connectivity index (χ1) is 16.0. The van der Waals surface area contributed by atoms with Gasteiger partial charge in [0.15, 0.2) is 17.3 Å². The van der Waals surface area contributed by atoms with Gasteiger partial charge < -0.3 is 24.4 Å². The molecule has 4 rings (SSSR count). The molecule has 174 valence electrons. The minimum absolute atomic E-state index is 0.0448. The quantitative estimate of drug-likeness (QED) is 0.567. The van der Waals surface area contributed by atoms with Gasteiger partial charge in [-0.2, -0.15) is 5.10 Å². The van der Waals surface area contributed by atoms with Crippen LogP contribution >= 0.6 is 0 Å². The zero-order valence-corrected chi connectivity index (χ0v) is 18.9. The average molecular weight is 455 g/mol. The molecular weight excluding hydrogens is 427 g/mol. The summed E-state index contributed by atoms with van der Waals surface area (Å²) < 4.78 is 29.2. The topological polar surface area (TPSA) is 88.7 Å². The van der Waals surface area contributed by atoms with E-state index in [9.17, 15) is 9.18 Å². The molecule has 0 unspecified atom stereocenters. The zero-order valence-electron chi connectivity index (χ0n) is 18.9. The number of aromatic amines is 1. The molecule has 1 aliphatic rings. The van der Waals surface area contributed by atoms with Gasteiger partial charge in [0.1, 0.15) is 5.82 Å². The summed E-state index contributed by atoms with van der Waals surface area (Å²) >= 11 is 0. The highest BCUT2D eigenvalue weighted by atomic mass is 19.1. The number of methoxy groups -OCH3 is 3. The summed E-state index contributed by atoms with van der Waals surface area (Å²) in [7, 11) is 4.56. The van der Waals surface area contributed by atoms with Crippen LogP contribution in [0.4, 0.5) is 10.2 Å². The minimum atomic E-state index is -0.269. The van der Waals surface area contributed by atoms with Gasteiger partial charge in [-0.25, -0.2) is 4.39 Å². The van der Waals surface area contributed by atoms with E-state index in [-0.39, 0.29) is 17.8 Å². The Labute approximate surface area is 191 Å². The van der Waals surface area contributed by atoms with Crippen molar-refractivity contribution < 1.29 is 23.4 Å². The molecule has 0 radical (unpaired) electrons. The third-order valence-electron chi connectivity index (χ3n) is 5.80. The summed E-state index contributed by atoms with van der Waals surface area (Å²) in [5.41, 5.74) is 2.16. The highest BCUT2D eigenvalue weighted by molar-refractivity contribution is 5.95. The van der Waals surface area contributed by atoms with Gasteiger partial charge >= 0.3 is 0 Å². The fraction of sp³-hybridized carbons (Fsp3) is 0.333. The lowest BCUT2D eigenvalue weighted by Crippen LogP contribution is -2.44.